The zero-order valence-electron chi connectivity index (χ0n) is 20.2. The Morgan fingerprint density at radius 3 is 0.769 bits per heavy atom. The Balaban J connectivity index is 2.75. The molecule has 3 aromatic carbocycles. The summed E-state index contributed by atoms with van der Waals surface area (Å²) in [7, 11) is 0. The maximum atomic E-state index is 11.2. The zero-order chi connectivity index (χ0) is 28.4. The SMILES string of the molecule is N#CC1(C#N)C(C#N)(C#N)C(C#N)(C#N)P(c2ccccc2)(c2ccccc2)(c2ccccc2)C1(C#N)C#N. The number of nitrogens with zero attached hydrogens (tertiary/aromatic N) is 8. The van der Waals surface area contributed by atoms with Crippen molar-refractivity contribution in [3.63, 3.8) is 0 Å². The summed E-state index contributed by atoms with van der Waals surface area (Å²) in [5.74, 6) is 0. The third-order valence-electron chi connectivity index (χ3n) is 8.13. The Hall–Kier alpha value is -5.99. The molecule has 4 rings (SSSR count). The predicted octanol–water partition coefficient (Wildman–Crippen LogP) is 3.17. The van der Waals surface area contributed by atoms with Crippen molar-refractivity contribution in [2.75, 3.05) is 0 Å². The molecule has 3 aromatic rings. The molecule has 39 heavy (non-hydrogen) atoms. The quantitative estimate of drug-likeness (QED) is 0.472. The molecule has 0 amide bonds. The minimum absolute atomic E-state index is 0.134. The van der Waals surface area contributed by atoms with Crippen molar-refractivity contribution in [1.82, 2.24) is 0 Å². The molecule has 1 heterocycles. The summed E-state index contributed by atoms with van der Waals surface area (Å²) in [6, 6.07) is 38.1. The Morgan fingerprint density at radius 1 is 0.359 bits per heavy atom. The van der Waals surface area contributed by atoms with E-state index in [0.717, 1.165) is 0 Å². The van der Waals surface area contributed by atoms with Crippen molar-refractivity contribution in [3.8, 4) is 48.6 Å². The van der Waals surface area contributed by atoms with Crippen LogP contribution in [0.15, 0.2) is 91.0 Å². The monoisotopic (exact) mass is 518 g/mol. The van der Waals surface area contributed by atoms with Crippen LogP contribution in [-0.2, 0) is 0 Å². The van der Waals surface area contributed by atoms with Crippen molar-refractivity contribution >= 4 is 22.5 Å². The van der Waals surface area contributed by atoms with E-state index in [0.29, 0.717) is 0 Å². The van der Waals surface area contributed by atoms with Crippen LogP contribution in [0.2, 0.25) is 0 Å². The van der Waals surface area contributed by atoms with Crippen molar-refractivity contribution in [3.05, 3.63) is 91.0 Å². The molecule has 0 saturated carbocycles. The molecule has 0 radical (unpaired) electrons. The van der Waals surface area contributed by atoms with Gasteiger partial charge in [-0.05, 0) is 0 Å². The first-order valence-electron chi connectivity index (χ1n) is 11.4. The standard InChI is InChI=1S/C30H15N8P/c31-16-27(17-32)28(18-33,19-34)30(22-37,23-38)39(29(27,20-35)21-36,24-10-4-1-5-11-24,25-12-6-2-7-13-25)26-14-8-3-9-15-26/h1-15H. The molecule has 0 unspecified atom stereocenters. The van der Waals surface area contributed by atoms with E-state index >= 15 is 0 Å². The van der Waals surface area contributed by atoms with E-state index < -0.39 is 27.7 Å². The van der Waals surface area contributed by atoms with Crippen LogP contribution in [0.1, 0.15) is 0 Å². The number of hydrogen-bond acceptors (Lipinski definition) is 8. The molecule has 0 bridgehead atoms. The van der Waals surface area contributed by atoms with Gasteiger partial charge in [0.1, 0.15) is 0 Å². The van der Waals surface area contributed by atoms with Crippen LogP contribution in [0, 0.1) is 101 Å². The van der Waals surface area contributed by atoms with Crippen LogP contribution in [-0.4, -0.2) is 10.3 Å². The van der Waals surface area contributed by atoms with E-state index in [1.165, 1.54) is 36.4 Å². The van der Waals surface area contributed by atoms with Gasteiger partial charge in [0.15, 0.2) is 0 Å². The van der Waals surface area contributed by atoms with Gasteiger partial charge < -0.3 is 0 Å². The van der Waals surface area contributed by atoms with Gasteiger partial charge in [0.2, 0.25) is 0 Å². The minimum atomic E-state index is -5.62. The molecule has 8 nitrogen and oxygen atoms in total. The summed E-state index contributed by atoms with van der Waals surface area (Å²) >= 11 is 0. The molecule has 0 atom stereocenters. The number of rotatable bonds is 3. The molecule has 1 fully saturated rings. The molecule has 1 saturated heterocycles. The van der Waals surface area contributed by atoms with E-state index in [1.807, 2.05) is 24.3 Å². The Labute approximate surface area is 225 Å². The summed E-state index contributed by atoms with van der Waals surface area (Å²) in [5.41, 5.74) is -6.14. The molecule has 180 valence electrons. The van der Waals surface area contributed by atoms with E-state index in [-0.39, 0.29) is 15.9 Å². The van der Waals surface area contributed by atoms with Crippen molar-refractivity contribution in [1.29, 1.82) is 42.1 Å². The number of nitriles is 8. The zero-order valence-corrected chi connectivity index (χ0v) is 21.1. The van der Waals surface area contributed by atoms with E-state index in [9.17, 15) is 42.1 Å². The molecule has 0 N–H and O–H groups in total. The second-order valence-corrected chi connectivity index (χ2v) is 14.1. The van der Waals surface area contributed by atoms with Crippen LogP contribution in [0.5, 0.6) is 0 Å². The summed E-state index contributed by atoms with van der Waals surface area (Å²) in [6.45, 7) is -5.62. The predicted molar refractivity (Wildman–Crippen MR) is 140 cm³/mol. The van der Waals surface area contributed by atoms with Gasteiger partial charge in [-0.2, -0.15) is 0 Å². The van der Waals surface area contributed by atoms with E-state index in [4.69, 9.17) is 0 Å². The van der Waals surface area contributed by atoms with Gasteiger partial charge >= 0.3 is 225 Å². The Bertz CT molecular complexity index is 1590. The first-order valence-corrected chi connectivity index (χ1v) is 13.6. The summed E-state index contributed by atoms with van der Waals surface area (Å²) in [6.07, 6.45) is 0. The van der Waals surface area contributed by atoms with Gasteiger partial charge in [-0.1, -0.05) is 0 Å². The van der Waals surface area contributed by atoms with Crippen LogP contribution < -0.4 is 15.9 Å². The van der Waals surface area contributed by atoms with Crippen LogP contribution in [0.3, 0.4) is 0 Å². The molecule has 1 aliphatic heterocycles. The molecular formula is C30H15N8P. The molecule has 9 heteroatoms. The van der Waals surface area contributed by atoms with Crippen molar-refractivity contribution in [2.45, 2.75) is 10.3 Å². The molecule has 0 aromatic heterocycles. The Morgan fingerprint density at radius 2 is 0.590 bits per heavy atom. The van der Waals surface area contributed by atoms with Crippen molar-refractivity contribution < 1.29 is 0 Å². The Kier molecular flexibility index (Phi) is 5.72. The normalized spacial score (nSPS) is 20.5. The van der Waals surface area contributed by atoms with Crippen molar-refractivity contribution in [2.24, 2.45) is 10.8 Å². The molecule has 0 spiro atoms. The van der Waals surface area contributed by atoms with Crippen LogP contribution in [0.4, 0.5) is 0 Å². The van der Waals surface area contributed by atoms with Gasteiger partial charge in [-0.3, -0.25) is 0 Å². The average Bonchev–Trinajstić information content (AvgIpc) is 3.18. The van der Waals surface area contributed by atoms with Gasteiger partial charge in [0, 0.05) is 0 Å². The molecule has 0 aliphatic carbocycles. The third-order valence-corrected chi connectivity index (χ3v) is 15.9. The maximum absolute atomic E-state index is 11.2. The summed E-state index contributed by atoms with van der Waals surface area (Å²) < 4.78 is 0. The fraction of sp³-hybridized carbons (Fsp3) is 0.133. The van der Waals surface area contributed by atoms with E-state index in [1.54, 1.807) is 78.9 Å². The van der Waals surface area contributed by atoms with Crippen LogP contribution >= 0.6 is 6.60 Å². The summed E-state index contributed by atoms with van der Waals surface area (Å²) in [5, 5.41) is 82.3. The summed E-state index contributed by atoms with van der Waals surface area (Å²) in [4.78, 5) is 0. The van der Waals surface area contributed by atoms with Gasteiger partial charge in [-0.15, -0.1) is 0 Å². The second kappa shape index (κ2) is 8.55. The number of benzene rings is 3. The van der Waals surface area contributed by atoms with Gasteiger partial charge in [0.25, 0.3) is 0 Å². The fourth-order valence-electron chi connectivity index (χ4n) is 6.75. The third kappa shape index (κ3) is 2.11. The second-order valence-electron chi connectivity index (χ2n) is 8.94. The number of hydrogen-bond donors (Lipinski definition) is 0. The average molecular weight is 518 g/mol. The van der Waals surface area contributed by atoms with Gasteiger partial charge in [0.05, 0.1) is 0 Å². The molecular weight excluding hydrogens is 503 g/mol. The first kappa shape index (κ1) is 26.1. The molecule has 1 aliphatic rings. The van der Waals surface area contributed by atoms with Crippen LogP contribution in [0.25, 0.3) is 0 Å². The van der Waals surface area contributed by atoms with E-state index in [2.05, 4.69) is 0 Å². The first-order chi connectivity index (χ1) is 18.9. The van der Waals surface area contributed by atoms with Gasteiger partial charge in [-0.25, -0.2) is 0 Å². The fourth-order valence-corrected chi connectivity index (χ4v) is 15.5. The topological polar surface area (TPSA) is 190 Å².